The van der Waals surface area contributed by atoms with Crippen LogP contribution in [0.2, 0.25) is 0 Å². The van der Waals surface area contributed by atoms with E-state index >= 15 is 0 Å². The van der Waals surface area contributed by atoms with Gasteiger partial charge in [0, 0.05) is 6.42 Å². The Morgan fingerprint density at radius 2 is 0.660 bits per heavy atom. The first-order chi connectivity index (χ1) is 51.8. The molecule has 17 atom stereocenters. The van der Waals surface area contributed by atoms with E-state index in [0.29, 0.717) is 12.8 Å². The van der Waals surface area contributed by atoms with Crippen molar-refractivity contribution < 1.29 is 89.4 Å². The zero-order chi connectivity index (χ0) is 76.7. The fourth-order valence-corrected chi connectivity index (χ4v) is 13.8. The molecule has 3 aliphatic rings. The summed E-state index contributed by atoms with van der Waals surface area (Å²) in [7, 11) is 0. The van der Waals surface area contributed by atoms with E-state index in [1.165, 1.54) is 199 Å². The van der Waals surface area contributed by atoms with E-state index in [4.69, 9.17) is 28.4 Å². The molecule has 0 radical (unpaired) electrons. The number of carbonyl (C=O) groups is 1. The number of aliphatic hydroxyl groups is 11. The van der Waals surface area contributed by atoms with Crippen LogP contribution in [0, 0.1) is 0 Å². The average molecular weight is 1500 g/mol. The van der Waals surface area contributed by atoms with E-state index in [0.717, 1.165) is 83.5 Å². The van der Waals surface area contributed by atoms with Crippen molar-refractivity contribution in [3.05, 3.63) is 97.2 Å². The summed E-state index contributed by atoms with van der Waals surface area (Å²) < 4.78 is 34.5. The van der Waals surface area contributed by atoms with Crippen molar-refractivity contribution in [2.45, 2.75) is 420 Å². The molecule has 3 aliphatic heterocycles. The highest BCUT2D eigenvalue weighted by atomic mass is 16.8. The summed E-state index contributed by atoms with van der Waals surface area (Å²) in [6.45, 7) is 1.63. The van der Waals surface area contributed by atoms with Crippen molar-refractivity contribution in [2.24, 2.45) is 0 Å². The Labute approximate surface area is 641 Å². The SMILES string of the molecule is CC/C=C\C/C=C\C/C=C\C/C=C\C/C=C\CCCCCCCCCCCCCCCCCC(=O)NC(COC1OC(CO)C(OC2OC(CO)C(OC3OC(CO)C(O)C(O)C3O)C(O)C2O)C(O)C1O)C(O)/C=C/CC/C=C/CC/C=C/CCCCCCCCCCCCCCCCCCCCCC. The van der Waals surface area contributed by atoms with Gasteiger partial charge < -0.3 is 89.9 Å². The number of nitrogens with one attached hydrogen (secondary N) is 1. The predicted molar refractivity (Wildman–Crippen MR) is 424 cm³/mol. The molecule has 0 aromatic rings. The van der Waals surface area contributed by atoms with Crippen LogP contribution in [-0.4, -0.2) is 193 Å². The number of ether oxygens (including phenoxy) is 6. The summed E-state index contributed by atoms with van der Waals surface area (Å²) >= 11 is 0. The molecule has 0 aromatic carbocycles. The number of carbonyl (C=O) groups excluding carboxylic acids is 1. The fraction of sp³-hybridized carbons (Fsp3) is 0.805. The lowest BCUT2D eigenvalue weighted by Crippen LogP contribution is -2.66. The highest BCUT2D eigenvalue weighted by Gasteiger charge is 2.54. The normalized spacial score (nSPS) is 26.1. The number of unbranched alkanes of at least 4 members (excludes halogenated alkanes) is 37. The fourth-order valence-electron chi connectivity index (χ4n) is 13.8. The maximum atomic E-state index is 13.5. The lowest BCUT2D eigenvalue weighted by Gasteiger charge is -2.48. The zero-order valence-corrected chi connectivity index (χ0v) is 65.9. The van der Waals surface area contributed by atoms with Gasteiger partial charge in [0.25, 0.3) is 0 Å². The second-order valence-electron chi connectivity index (χ2n) is 29.9. The van der Waals surface area contributed by atoms with Gasteiger partial charge in [0.1, 0.15) is 73.2 Å². The third-order valence-electron chi connectivity index (χ3n) is 20.6. The molecule has 3 saturated heterocycles. The number of hydrogen-bond donors (Lipinski definition) is 12. The summed E-state index contributed by atoms with van der Waals surface area (Å²) in [6, 6.07) is -1.00. The van der Waals surface area contributed by atoms with E-state index in [1.54, 1.807) is 6.08 Å². The molecule has 19 heteroatoms. The molecular weight excluding hydrogens is 1350 g/mol. The Morgan fingerprint density at radius 1 is 0.349 bits per heavy atom. The van der Waals surface area contributed by atoms with Gasteiger partial charge in [-0.25, -0.2) is 0 Å². The van der Waals surface area contributed by atoms with Crippen molar-refractivity contribution in [1.82, 2.24) is 5.32 Å². The van der Waals surface area contributed by atoms with Crippen molar-refractivity contribution >= 4 is 5.91 Å². The quantitative estimate of drug-likeness (QED) is 0.0199. The third kappa shape index (κ3) is 45.3. The van der Waals surface area contributed by atoms with Gasteiger partial charge in [-0.3, -0.25) is 4.79 Å². The molecule has 0 bridgehead atoms. The van der Waals surface area contributed by atoms with Crippen LogP contribution >= 0.6 is 0 Å². The second-order valence-corrected chi connectivity index (χ2v) is 29.9. The molecule has 0 aliphatic carbocycles. The van der Waals surface area contributed by atoms with Gasteiger partial charge in [-0.2, -0.15) is 0 Å². The second kappa shape index (κ2) is 66.3. The van der Waals surface area contributed by atoms with Crippen LogP contribution in [0.4, 0.5) is 0 Å². The minimum Gasteiger partial charge on any atom is -0.394 e. The Hall–Kier alpha value is -3.29. The number of allylic oxidation sites excluding steroid dienone is 15. The van der Waals surface area contributed by atoms with E-state index in [9.17, 15) is 61.0 Å². The van der Waals surface area contributed by atoms with Crippen molar-refractivity contribution in [1.29, 1.82) is 0 Å². The Morgan fingerprint density at radius 3 is 1.06 bits per heavy atom. The molecule has 3 rings (SSSR count). The minimum absolute atomic E-state index is 0.227. The molecule has 0 aromatic heterocycles. The summed E-state index contributed by atoms with van der Waals surface area (Å²) in [6.07, 6.45) is 64.0. The lowest BCUT2D eigenvalue weighted by molar-refractivity contribution is -0.379. The first kappa shape index (κ1) is 96.9. The van der Waals surface area contributed by atoms with E-state index < -0.39 is 124 Å². The number of rotatable bonds is 67. The maximum absolute atomic E-state index is 13.5. The molecule has 3 heterocycles. The van der Waals surface area contributed by atoms with Crippen LogP contribution in [0.25, 0.3) is 0 Å². The van der Waals surface area contributed by atoms with Gasteiger partial charge >= 0.3 is 0 Å². The highest BCUT2D eigenvalue weighted by molar-refractivity contribution is 5.76. The Balaban J connectivity index is 1.37. The smallest absolute Gasteiger partial charge is 0.220 e. The van der Waals surface area contributed by atoms with Gasteiger partial charge in [-0.05, 0) is 89.9 Å². The third-order valence-corrected chi connectivity index (χ3v) is 20.6. The first-order valence-corrected chi connectivity index (χ1v) is 42.5. The minimum atomic E-state index is -1.99. The molecule has 0 spiro atoms. The predicted octanol–water partition coefficient (Wildman–Crippen LogP) is 15.1. The van der Waals surface area contributed by atoms with Crippen LogP contribution in [0.5, 0.6) is 0 Å². The summed E-state index contributed by atoms with van der Waals surface area (Å²) in [5, 5.41) is 121. The number of amides is 1. The molecule has 3 fully saturated rings. The van der Waals surface area contributed by atoms with E-state index in [2.05, 4.69) is 104 Å². The standard InChI is InChI=1S/C87H153NO18/c1-3-5-7-9-11-13-15-17-19-21-23-25-27-29-31-33-35-37-39-41-43-45-47-49-51-53-55-57-59-61-63-65-75(93)88-70(71(92)64-62-60-58-56-54-52-50-48-46-44-42-40-38-36-34-32-30-28-26-24-22-20-18-16-14-12-10-8-6-4-2)69-101-85-81(99)78(96)83(73(67-90)103-85)106-87-82(100)79(97)84(74(68-91)104-87)105-86-80(98)77(95)76(94)72(66-89)102-86/h5,7,11,13,17,19,23,25,29,31,46,48,54,56,62,64,70-74,76-87,89-92,94-100H,3-4,6,8-10,12,14-16,18,20-22,24,26-28,30,32-45,47,49-53,55,57-61,63,65-69H2,1-2H3,(H,88,93)/b7-5-,13-11-,19-17-,25-23-,31-29-,48-46+,56-54+,64-62+. The summed E-state index contributed by atoms with van der Waals surface area (Å²) in [4.78, 5) is 13.5. The number of hydrogen-bond acceptors (Lipinski definition) is 18. The Bertz CT molecular complexity index is 2290. The van der Waals surface area contributed by atoms with Gasteiger partial charge in [-0.1, -0.05) is 317 Å². The largest absolute Gasteiger partial charge is 0.394 e. The van der Waals surface area contributed by atoms with Crippen molar-refractivity contribution in [3.8, 4) is 0 Å². The maximum Gasteiger partial charge on any atom is 0.220 e. The summed E-state index contributed by atoms with van der Waals surface area (Å²) in [5.74, 6) is -0.290. The van der Waals surface area contributed by atoms with Crippen LogP contribution < -0.4 is 5.32 Å². The highest BCUT2D eigenvalue weighted by Crippen LogP contribution is 2.33. The van der Waals surface area contributed by atoms with Crippen molar-refractivity contribution in [3.63, 3.8) is 0 Å². The molecule has 614 valence electrons. The van der Waals surface area contributed by atoms with E-state index in [1.807, 2.05) is 6.08 Å². The molecule has 1 amide bonds. The van der Waals surface area contributed by atoms with Gasteiger partial charge in [0.2, 0.25) is 5.91 Å². The van der Waals surface area contributed by atoms with Gasteiger partial charge in [0.05, 0.1) is 38.6 Å². The van der Waals surface area contributed by atoms with E-state index in [-0.39, 0.29) is 18.9 Å². The van der Waals surface area contributed by atoms with Crippen LogP contribution in [0.3, 0.4) is 0 Å². The topological polar surface area (TPSA) is 307 Å². The molecule has 106 heavy (non-hydrogen) atoms. The summed E-state index contributed by atoms with van der Waals surface area (Å²) in [5.41, 5.74) is 0. The average Bonchev–Trinajstić information content (AvgIpc) is 0.780. The molecule has 17 unspecified atom stereocenters. The van der Waals surface area contributed by atoms with Crippen molar-refractivity contribution in [2.75, 3.05) is 26.4 Å². The van der Waals surface area contributed by atoms with Crippen LogP contribution in [0.15, 0.2) is 97.2 Å². The molecule has 12 N–H and O–H groups in total. The van der Waals surface area contributed by atoms with Crippen LogP contribution in [-0.2, 0) is 33.2 Å². The zero-order valence-electron chi connectivity index (χ0n) is 65.9. The van der Waals surface area contributed by atoms with Gasteiger partial charge in [-0.15, -0.1) is 0 Å². The lowest BCUT2D eigenvalue weighted by atomic mass is 9.96. The first-order valence-electron chi connectivity index (χ1n) is 42.5. The van der Waals surface area contributed by atoms with Crippen LogP contribution in [0.1, 0.15) is 316 Å². The monoisotopic (exact) mass is 1500 g/mol. The molecule has 0 saturated carbocycles. The Kier molecular flexibility index (Phi) is 60.6. The number of aliphatic hydroxyl groups excluding tert-OH is 11. The molecular formula is C87H153NO18. The van der Waals surface area contributed by atoms with Gasteiger partial charge in [0.15, 0.2) is 18.9 Å². The molecule has 19 nitrogen and oxygen atoms in total.